The van der Waals surface area contributed by atoms with Gasteiger partial charge in [0.15, 0.2) is 0 Å². The van der Waals surface area contributed by atoms with E-state index in [0.29, 0.717) is 11.8 Å². The molecule has 1 aromatic carbocycles. The fourth-order valence-corrected chi connectivity index (χ4v) is 2.81. The number of carbonyl (C=O) groups excluding carboxylic acids is 1. The number of fused-ring (bicyclic) bond motifs is 1. The Balaban J connectivity index is 2.22. The molecular weight excluding hydrogens is 236 g/mol. The monoisotopic (exact) mass is 260 g/mol. The van der Waals surface area contributed by atoms with E-state index in [0.717, 1.165) is 25.1 Å². The van der Waals surface area contributed by atoms with Gasteiger partial charge >= 0.3 is 0 Å². The van der Waals surface area contributed by atoms with Crippen LogP contribution >= 0.6 is 0 Å². The molecule has 2 rings (SSSR count). The number of rotatable bonds is 3. The molecule has 0 saturated carbocycles. The fraction of sp³-hybridized carbons (Fsp3) is 0.562. The Labute approximate surface area is 115 Å². The van der Waals surface area contributed by atoms with E-state index in [1.165, 1.54) is 5.56 Å². The maximum Gasteiger partial charge on any atom is 0.243 e. The SMILES string of the molecule is CC(C)C[C@H](N)C(=O)N1CC(C)Cc2ccccc21. The summed E-state index contributed by atoms with van der Waals surface area (Å²) in [4.78, 5) is 14.4. The first-order valence-electron chi connectivity index (χ1n) is 7.14. The summed E-state index contributed by atoms with van der Waals surface area (Å²) in [7, 11) is 0. The van der Waals surface area contributed by atoms with Gasteiger partial charge in [-0.25, -0.2) is 0 Å². The smallest absolute Gasteiger partial charge is 0.243 e. The van der Waals surface area contributed by atoms with Crippen molar-refractivity contribution in [1.82, 2.24) is 0 Å². The second-order valence-electron chi connectivity index (χ2n) is 6.12. The molecule has 104 valence electrons. The predicted molar refractivity (Wildman–Crippen MR) is 79.1 cm³/mol. The van der Waals surface area contributed by atoms with Crippen LogP contribution in [0.5, 0.6) is 0 Å². The zero-order chi connectivity index (χ0) is 14.0. The number of amides is 1. The van der Waals surface area contributed by atoms with Gasteiger partial charge in [0.2, 0.25) is 5.91 Å². The van der Waals surface area contributed by atoms with E-state index in [4.69, 9.17) is 5.73 Å². The molecule has 1 heterocycles. The number of hydrogen-bond acceptors (Lipinski definition) is 2. The maximum atomic E-state index is 12.5. The summed E-state index contributed by atoms with van der Waals surface area (Å²) in [6, 6.07) is 7.77. The number of hydrogen-bond donors (Lipinski definition) is 1. The summed E-state index contributed by atoms with van der Waals surface area (Å²) < 4.78 is 0. The molecular formula is C16H24N2O. The first kappa shape index (κ1) is 14.1. The van der Waals surface area contributed by atoms with E-state index in [1.54, 1.807) is 0 Å². The van der Waals surface area contributed by atoms with Gasteiger partial charge < -0.3 is 10.6 Å². The lowest BCUT2D eigenvalue weighted by atomic mass is 9.93. The van der Waals surface area contributed by atoms with Crippen molar-refractivity contribution in [2.75, 3.05) is 11.4 Å². The van der Waals surface area contributed by atoms with Gasteiger partial charge in [0.05, 0.1) is 6.04 Å². The lowest BCUT2D eigenvalue weighted by molar-refractivity contribution is -0.120. The van der Waals surface area contributed by atoms with Crippen LogP contribution in [0.15, 0.2) is 24.3 Å². The Hall–Kier alpha value is -1.35. The Morgan fingerprint density at radius 2 is 2.11 bits per heavy atom. The van der Waals surface area contributed by atoms with Gasteiger partial charge in [0.1, 0.15) is 0 Å². The van der Waals surface area contributed by atoms with Crippen LogP contribution < -0.4 is 10.6 Å². The Morgan fingerprint density at radius 3 is 2.79 bits per heavy atom. The minimum absolute atomic E-state index is 0.0627. The third-order valence-electron chi connectivity index (χ3n) is 3.65. The summed E-state index contributed by atoms with van der Waals surface area (Å²) in [6.07, 6.45) is 1.78. The lowest BCUT2D eigenvalue weighted by Crippen LogP contribution is -2.48. The summed E-state index contributed by atoms with van der Waals surface area (Å²) in [6.45, 7) is 7.16. The van der Waals surface area contributed by atoms with Crippen LogP contribution in [0.25, 0.3) is 0 Å². The van der Waals surface area contributed by atoms with Crippen molar-refractivity contribution in [2.24, 2.45) is 17.6 Å². The molecule has 0 radical (unpaired) electrons. The summed E-state index contributed by atoms with van der Waals surface area (Å²) in [5, 5.41) is 0. The normalized spacial score (nSPS) is 20.3. The molecule has 0 bridgehead atoms. The number of benzene rings is 1. The van der Waals surface area contributed by atoms with E-state index >= 15 is 0 Å². The minimum atomic E-state index is -0.390. The van der Waals surface area contributed by atoms with Gasteiger partial charge in [-0.15, -0.1) is 0 Å². The quantitative estimate of drug-likeness (QED) is 0.908. The fourth-order valence-electron chi connectivity index (χ4n) is 2.81. The Morgan fingerprint density at radius 1 is 1.42 bits per heavy atom. The molecule has 3 nitrogen and oxygen atoms in total. The number of carbonyl (C=O) groups is 1. The molecule has 19 heavy (non-hydrogen) atoms. The average molecular weight is 260 g/mol. The average Bonchev–Trinajstić information content (AvgIpc) is 2.36. The van der Waals surface area contributed by atoms with Gasteiger partial charge in [-0.3, -0.25) is 4.79 Å². The predicted octanol–water partition coefficient (Wildman–Crippen LogP) is 2.59. The Kier molecular flexibility index (Phi) is 4.25. The largest absolute Gasteiger partial charge is 0.320 e. The first-order valence-corrected chi connectivity index (χ1v) is 7.14. The lowest BCUT2D eigenvalue weighted by Gasteiger charge is -2.35. The first-order chi connectivity index (χ1) is 8.99. The summed E-state index contributed by atoms with van der Waals surface area (Å²) >= 11 is 0. The van der Waals surface area contributed by atoms with Crippen molar-refractivity contribution in [3.05, 3.63) is 29.8 Å². The van der Waals surface area contributed by atoms with Crippen molar-refractivity contribution in [1.29, 1.82) is 0 Å². The molecule has 0 aliphatic carbocycles. The van der Waals surface area contributed by atoms with Crippen molar-refractivity contribution < 1.29 is 4.79 Å². The van der Waals surface area contributed by atoms with E-state index < -0.39 is 6.04 Å². The van der Waals surface area contributed by atoms with Crippen LogP contribution in [0.2, 0.25) is 0 Å². The zero-order valence-corrected chi connectivity index (χ0v) is 12.1. The highest BCUT2D eigenvalue weighted by Crippen LogP contribution is 2.30. The third kappa shape index (κ3) is 3.16. The van der Waals surface area contributed by atoms with E-state index in [1.807, 2.05) is 23.1 Å². The molecule has 0 saturated heterocycles. The highest BCUT2D eigenvalue weighted by Gasteiger charge is 2.29. The molecule has 3 heteroatoms. The molecule has 1 amide bonds. The third-order valence-corrected chi connectivity index (χ3v) is 3.65. The molecule has 0 aromatic heterocycles. The van der Waals surface area contributed by atoms with Gasteiger partial charge in [-0.05, 0) is 36.3 Å². The number of nitrogens with zero attached hydrogens (tertiary/aromatic N) is 1. The van der Waals surface area contributed by atoms with E-state index in [2.05, 4.69) is 26.8 Å². The van der Waals surface area contributed by atoms with Crippen LogP contribution in [-0.2, 0) is 11.2 Å². The second kappa shape index (κ2) is 5.74. The van der Waals surface area contributed by atoms with Crippen molar-refractivity contribution in [2.45, 2.75) is 39.7 Å². The van der Waals surface area contributed by atoms with E-state index in [-0.39, 0.29) is 5.91 Å². The summed E-state index contributed by atoms with van der Waals surface area (Å²) in [5.41, 5.74) is 8.36. The standard InChI is InChI=1S/C16H24N2O/c1-11(2)8-14(17)16(19)18-10-12(3)9-13-6-4-5-7-15(13)18/h4-7,11-12,14H,8-10,17H2,1-3H3/t12?,14-/m0/s1. The van der Waals surface area contributed by atoms with Gasteiger partial charge in [-0.2, -0.15) is 0 Å². The molecule has 2 N–H and O–H groups in total. The number of para-hydroxylation sites is 1. The highest BCUT2D eigenvalue weighted by atomic mass is 16.2. The van der Waals surface area contributed by atoms with Crippen LogP contribution in [0, 0.1) is 11.8 Å². The van der Waals surface area contributed by atoms with Crippen LogP contribution in [0.3, 0.4) is 0 Å². The molecule has 1 aliphatic heterocycles. The number of nitrogens with two attached hydrogens (primary N) is 1. The molecule has 0 spiro atoms. The topological polar surface area (TPSA) is 46.3 Å². The number of anilines is 1. The molecule has 1 aromatic rings. The van der Waals surface area contributed by atoms with Gasteiger partial charge in [0, 0.05) is 12.2 Å². The van der Waals surface area contributed by atoms with Crippen LogP contribution in [-0.4, -0.2) is 18.5 Å². The van der Waals surface area contributed by atoms with Crippen LogP contribution in [0.4, 0.5) is 5.69 Å². The molecule has 0 fully saturated rings. The van der Waals surface area contributed by atoms with E-state index in [9.17, 15) is 4.79 Å². The Bertz CT molecular complexity index is 456. The minimum Gasteiger partial charge on any atom is -0.320 e. The molecule has 2 atom stereocenters. The second-order valence-corrected chi connectivity index (χ2v) is 6.12. The van der Waals surface area contributed by atoms with Gasteiger partial charge in [0.25, 0.3) is 0 Å². The van der Waals surface area contributed by atoms with Crippen LogP contribution in [0.1, 0.15) is 32.8 Å². The molecule has 1 aliphatic rings. The summed E-state index contributed by atoms with van der Waals surface area (Å²) in [5.74, 6) is 0.995. The maximum absolute atomic E-state index is 12.5. The van der Waals surface area contributed by atoms with Crippen molar-refractivity contribution in [3.63, 3.8) is 0 Å². The van der Waals surface area contributed by atoms with Crippen molar-refractivity contribution in [3.8, 4) is 0 Å². The highest BCUT2D eigenvalue weighted by molar-refractivity contribution is 5.98. The zero-order valence-electron chi connectivity index (χ0n) is 12.1. The van der Waals surface area contributed by atoms with Crippen molar-refractivity contribution >= 4 is 11.6 Å². The molecule has 1 unspecified atom stereocenters. The van der Waals surface area contributed by atoms with Gasteiger partial charge in [-0.1, -0.05) is 39.0 Å².